The Morgan fingerprint density at radius 1 is 1.00 bits per heavy atom. The fraction of sp³-hybridized carbons (Fsp3) is 0.167. The first-order valence-corrected chi connectivity index (χ1v) is 11.1. The number of aliphatic carboxylic acids is 1. The summed E-state index contributed by atoms with van der Waals surface area (Å²) in [6.07, 6.45) is 0.382. The fourth-order valence-electron chi connectivity index (χ4n) is 3.46. The molecular formula is C24H18Cl3NNaO5. The zero-order valence-corrected chi connectivity index (χ0v) is 22.4. The van der Waals surface area contributed by atoms with E-state index in [0.717, 1.165) is 5.56 Å². The van der Waals surface area contributed by atoms with Gasteiger partial charge >= 0.3 is 5.97 Å². The summed E-state index contributed by atoms with van der Waals surface area (Å²) < 4.78 is 11.4. The standard InChI is InChI=1S/C24H18Cl3NO5.Na/c25-18-6-1-13(9-19(18)26)12-28-23(29)14-2-4-15(5-3-14)33-22-11-21-17(10-20(22)27)16(24(30)31)7-8-32-21;/h1-6,9-11,16H,7-8,12H2,(H,28,29)(H,30,31);. The second-order valence-corrected chi connectivity index (χ2v) is 8.63. The van der Waals surface area contributed by atoms with Crippen molar-refractivity contribution in [2.24, 2.45) is 0 Å². The first-order valence-electron chi connectivity index (χ1n) is 10.0. The number of hydrogen-bond donors (Lipinski definition) is 2. The number of benzene rings is 3. The minimum Gasteiger partial charge on any atom is -0.493 e. The van der Waals surface area contributed by atoms with Crippen molar-refractivity contribution in [2.45, 2.75) is 18.9 Å². The van der Waals surface area contributed by atoms with E-state index in [1.54, 1.807) is 54.6 Å². The van der Waals surface area contributed by atoms with Gasteiger partial charge in [0.2, 0.25) is 0 Å². The summed E-state index contributed by atoms with van der Waals surface area (Å²) in [6.45, 7) is 0.604. The molecule has 0 aliphatic carbocycles. The Hall–Kier alpha value is -1.93. The number of hydrogen-bond acceptors (Lipinski definition) is 4. The van der Waals surface area contributed by atoms with Crippen LogP contribution in [0.25, 0.3) is 0 Å². The summed E-state index contributed by atoms with van der Waals surface area (Å²) in [5.41, 5.74) is 1.80. The number of fused-ring (bicyclic) bond motifs is 1. The van der Waals surface area contributed by atoms with Gasteiger partial charge in [-0.1, -0.05) is 40.9 Å². The molecule has 0 saturated heterocycles. The van der Waals surface area contributed by atoms with Crippen molar-refractivity contribution in [3.8, 4) is 17.2 Å². The Morgan fingerprint density at radius 2 is 1.74 bits per heavy atom. The molecule has 0 fully saturated rings. The van der Waals surface area contributed by atoms with Gasteiger partial charge in [-0.3, -0.25) is 9.59 Å². The van der Waals surface area contributed by atoms with Crippen LogP contribution in [0.1, 0.15) is 33.8 Å². The number of amides is 1. The third kappa shape index (κ3) is 6.19. The van der Waals surface area contributed by atoms with Crippen molar-refractivity contribution in [3.63, 3.8) is 0 Å². The Labute approximate surface area is 233 Å². The van der Waals surface area contributed by atoms with Crippen LogP contribution in [0.3, 0.4) is 0 Å². The second-order valence-electron chi connectivity index (χ2n) is 7.41. The normalized spacial score (nSPS) is 14.3. The summed E-state index contributed by atoms with van der Waals surface area (Å²) in [5.74, 6) is -0.611. The van der Waals surface area contributed by atoms with Gasteiger partial charge in [-0.05, 0) is 54.4 Å². The number of ether oxygens (including phenoxy) is 2. The monoisotopic (exact) mass is 528 g/mol. The Bertz CT molecular complexity index is 1220. The first kappa shape index (κ1) is 26.7. The van der Waals surface area contributed by atoms with Gasteiger partial charge in [0.1, 0.15) is 17.2 Å². The number of nitrogens with one attached hydrogen (secondary N) is 1. The van der Waals surface area contributed by atoms with Crippen LogP contribution in [-0.2, 0) is 11.3 Å². The van der Waals surface area contributed by atoms with E-state index in [-0.39, 0.29) is 40.5 Å². The summed E-state index contributed by atoms with van der Waals surface area (Å²) in [5, 5.41) is 13.4. The molecule has 6 nitrogen and oxygen atoms in total. The molecule has 34 heavy (non-hydrogen) atoms. The van der Waals surface area contributed by atoms with Crippen molar-refractivity contribution in [3.05, 3.63) is 86.4 Å². The van der Waals surface area contributed by atoms with Crippen LogP contribution in [0.5, 0.6) is 17.2 Å². The number of carboxylic acid groups (broad SMARTS) is 1. The minimum absolute atomic E-state index is 0. The number of rotatable bonds is 6. The molecule has 1 unspecified atom stereocenters. The fourth-order valence-corrected chi connectivity index (χ4v) is 3.99. The number of carbonyl (C=O) groups excluding carboxylic acids is 1. The van der Waals surface area contributed by atoms with Gasteiger partial charge in [-0.25, -0.2) is 0 Å². The molecule has 0 spiro atoms. The SMILES string of the molecule is O=C(NCc1ccc(Cl)c(Cl)c1)c1ccc(Oc2cc3c(cc2Cl)C(C(=O)O)CCO3)cc1.[Na]. The third-order valence-electron chi connectivity index (χ3n) is 5.18. The largest absolute Gasteiger partial charge is 0.493 e. The minimum atomic E-state index is -0.919. The van der Waals surface area contributed by atoms with E-state index >= 15 is 0 Å². The quantitative estimate of drug-likeness (QED) is 0.386. The van der Waals surface area contributed by atoms with Gasteiger partial charge < -0.3 is 19.9 Å². The van der Waals surface area contributed by atoms with Crippen LogP contribution in [0.15, 0.2) is 54.6 Å². The molecule has 1 amide bonds. The molecule has 0 saturated carbocycles. The van der Waals surface area contributed by atoms with Crippen molar-refractivity contribution in [1.29, 1.82) is 0 Å². The van der Waals surface area contributed by atoms with Crippen LogP contribution < -0.4 is 14.8 Å². The van der Waals surface area contributed by atoms with Crippen molar-refractivity contribution < 1.29 is 24.2 Å². The summed E-state index contributed by atoms with van der Waals surface area (Å²) in [7, 11) is 0. The van der Waals surface area contributed by atoms with Crippen LogP contribution >= 0.6 is 34.8 Å². The van der Waals surface area contributed by atoms with Crippen molar-refractivity contribution >= 4 is 76.2 Å². The maximum Gasteiger partial charge on any atom is 0.311 e. The van der Waals surface area contributed by atoms with E-state index in [1.807, 2.05) is 0 Å². The summed E-state index contributed by atoms with van der Waals surface area (Å²) in [6, 6.07) is 14.9. The molecule has 4 rings (SSSR count). The van der Waals surface area contributed by atoms with Gasteiger partial charge in [0.05, 0.1) is 27.6 Å². The molecule has 1 heterocycles. The van der Waals surface area contributed by atoms with Gasteiger partial charge in [-0.15, -0.1) is 0 Å². The average molecular weight is 530 g/mol. The number of carboxylic acids is 1. The smallest absolute Gasteiger partial charge is 0.311 e. The molecular weight excluding hydrogens is 512 g/mol. The van der Waals surface area contributed by atoms with Gasteiger partial charge in [0.15, 0.2) is 0 Å². The molecule has 1 radical (unpaired) electrons. The molecule has 0 bridgehead atoms. The van der Waals surface area contributed by atoms with E-state index in [4.69, 9.17) is 44.3 Å². The van der Waals surface area contributed by atoms with E-state index in [2.05, 4.69) is 5.32 Å². The van der Waals surface area contributed by atoms with E-state index in [9.17, 15) is 14.7 Å². The number of halogens is 3. The zero-order valence-electron chi connectivity index (χ0n) is 18.1. The third-order valence-corrected chi connectivity index (χ3v) is 6.22. The molecule has 2 N–H and O–H groups in total. The Kier molecular flexibility index (Phi) is 9.15. The van der Waals surface area contributed by atoms with E-state index in [0.29, 0.717) is 58.0 Å². The molecule has 171 valence electrons. The summed E-state index contributed by atoms with van der Waals surface area (Å²) in [4.78, 5) is 23.9. The topological polar surface area (TPSA) is 84.9 Å². The van der Waals surface area contributed by atoms with Crippen LogP contribution in [0.4, 0.5) is 0 Å². The van der Waals surface area contributed by atoms with Crippen LogP contribution in [0.2, 0.25) is 15.1 Å². The van der Waals surface area contributed by atoms with E-state index < -0.39 is 11.9 Å². The number of carbonyl (C=O) groups is 2. The van der Waals surface area contributed by atoms with Gasteiger partial charge in [0, 0.05) is 53.3 Å². The maximum absolute atomic E-state index is 12.4. The molecule has 3 aromatic rings. The predicted octanol–water partition coefficient (Wildman–Crippen LogP) is 5.94. The second kappa shape index (κ2) is 11.7. The van der Waals surface area contributed by atoms with E-state index in [1.165, 1.54) is 0 Å². The van der Waals surface area contributed by atoms with Crippen LogP contribution in [0, 0.1) is 0 Å². The molecule has 1 aliphatic rings. The zero-order chi connectivity index (χ0) is 23.5. The van der Waals surface area contributed by atoms with Crippen molar-refractivity contribution in [2.75, 3.05) is 6.61 Å². The Balaban J connectivity index is 0.00000324. The molecule has 10 heteroatoms. The molecule has 1 aliphatic heterocycles. The van der Waals surface area contributed by atoms with Crippen molar-refractivity contribution in [1.82, 2.24) is 5.32 Å². The molecule has 3 aromatic carbocycles. The first-order chi connectivity index (χ1) is 15.8. The molecule has 0 aromatic heterocycles. The molecule has 1 atom stereocenters. The maximum atomic E-state index is 12.4. The Morgan fingerprint density at radius 3 is 2.41 bits per heavy atom. The predicted molar refractivity (Wildman–Crippen MR) is 132 cm³/mol. The summed E-state index contributed by atoms with van der Waals surface area (Å²) >= 11 is 18.2. The average Bonchev–Trinajstić information content (AvgIpc) is 2.80. The van der Waals surface area contributed by atoms with Gasteiger partial charge in [0.25, 0.3) is 5.91 Å². The van der Waals surface area contributed by atoms with Crippen LogP contribution in [-0.4, -0.2) is 53.1 Å². The van der Waals surface area contributed by atoms with Gasteiger partial charge in [-0.2, -0.15) is 0 Å².